The standard InChI is InChI=1S/C35H29BN2/c1-35(2)27-19-10-9-18-26(27)32-34(35)38(25-16-7-4-8-17-25)31-23-13-22-30-33(31)36(32)28-20-11-12-21-29(28)37(30)24-14-5-3-6-15-24/h3-19,21-23,28H,20H2,1-2H3. The van der Waals surface area contributed by atoms with Crippen LogP contribution in [0, 0.1) is 0 Å². The number of benzene rings is 4. The van der Waals surface area contributed by atoms with Crippen molar-refractivity contribution in [2.24, 2.45) is 0 Å². The Kier molecular flexibility index (Phi) is 4.52. The lowest BCUT2D eigenvalue weighted by Crippen LogP contribution is -2.53. The zero-order valence-electron chi connectivity index (χ0n) is 21.8. The average molecular weight is 488 g/mol. The molecule has 2 heterocycles. The van der Waals surface area contributed by atoms with Crippen LogP contribution in [0.2, 0.25) is 5.82 Å². The summed E-state index contributed by atoms with van der Waals surface area (Å²) in [5.74, 6) is 0.374. The molecule has 0 fully saturated rings. The van der Waals surface area contributed by atoms with E-state index in [1.807, 2.05) is 0 Å². The first-order valence-corrected chi connectivity index (χ1v) is 13.7. The first-order valence-electron chi connectivity index (χ1n) is 13.7. The molecule has 3 heteroatoms. The Bertz CT molecular complexity index is 1680. The van der Waals surface area contributed by atoms with Crippen LogP contribution >= 0.6 is 0 Å². The second kappa shape index (κ2) is 7.88. The third kappa shape index (κ3) is 2.79. The number of hydrogen-bond acceptors (Lipinski definition) is 2. The molecule has 2 aliphatic carbocycles. The van der Waals surface area contributed by atoms with Crippen LogP contribution < -0.4 is 15.3 Å². The fourth-order valence-corrected chi connectivity index (χ4v) is 7.52. The summed E-state index contributed by atoms with van der Waals surface area (Å²) in [6.45, 7) is 5.13. The van der Waals surface area contributed by atoms with Crippen LogP contribution in [-0.4, -0.2) is 6.71 Å². The Morgan fingerprint density at radius 2 is 1.34 bits per heavy atom. The summed E-state index contributed by atoms with van der Waals surface area (Å²) in [4.78, 5) is 5.09. The van der Waals surface area contributed by atoms with Gasteiger partial charge in [0.1, 0.15) is 0 Å². The molecule has 0 spiro atoms. The Morgan fingerprint density at radius 3 is 2.08 bits per heavy atom. The molecule has 8 rings (SSSR count). The molecule has 2 aliphatic heterocycles. The van der Waals surface area contributed by atoms with Gasteiger partial charge in [0.05, 0.1) is 0 Å². The highest BCUT2D eigenvalue weighted by atomic mass is 15.2. The summed E-state index contributed by atoms with van der Waals surface area (Å²) in [5, 5.41) is 0. The largest absolute Gasteiger partial charge is 0.315 e. The molecule has 182 valence electrons. The number of fused-ring (bicyclic) bond motifs is 5. The molecule has 4 aliphatic rings. The molecule has 38 heavy (non-hydrogen) atoms. The van der Waals surface area contributed by atoms with E-state index in [0.29, 0.717) is 12.5 Å². The van der Waals surface area contributed by atoms with Crippen molar-refractivity contribution >= 4 is 40.4 Å². The van der Waals surface area contributed by atoms with Crippen molar-refractivity contribution in [2.45, 2.75) is 31.5 Å². The van der Waals surface area contributed by atoms with Gasteiger partial charge in [0.15, 0.2) is 0 Å². The minimum absolute atomic E-state index is 0.111. The molecule has 0 saturated heterocycles. The van der Waals surface area contributed by atoms with E-state index in [9.17, 15) is 0 Å². The third-order valence-corrected chi connectivity index (χ3v) is 8.99. The van der Waals surface area contributed by atoms with Gasteiger partial charge in [-0.25, -0.2) is 0 Å². The Labute approximate surface area is 225 Å². The average Bonchev–Trinajstić information content (AvgIpc) is 3.21. The van der Waals surface area contributed by atoms with E-state index >= 15 is 0 Å². The monoisotopic (exact) mass is 488 g/mol. The van der Waals surface area contributed by atoms with Crippen LogP contribution in [-0.2, 0) is 5.41 Å². The second-order valence-electron chi connectivity index (χ2n) is 11.3. The zero-order chi connectivity index (χ0) is 25.4. The van der Waals surface area contributed by atoms with Crippen molar-refractivity contribution in [3.8, 4) is 0 Å². The molecule has 0 aromatic heterocycles. The van der Waals surface area contributed by atoms with Gasteiger partial charge < -0.3 is 9.80 Å². The third-order valence-electron chi connectivity index (χ3n) is 8.99. The van der Waals surface area contributed by atoms with Crippen molar-refractivity contribution in [3.63, 3.8) is 0 Å². The van der Waals surface area contributed by atoms with Crippen molar-refractivity contribution < 1.29 is 0 Å². The Hall–Kier alpha value is -4.24. The van der Waals surface area contributed by atoms with E-state index in [1.165, 1.54) is 56.2 Å². The van der Waals surface area contributed by atoms with Crippen LogP contribution in [0.3, 0.4) is 0 Å². The van der Waals surface area contributed by atoms with Gasteiger partial charge in [-0.3, -0.25) is 0 Å². The lowest BCUT2D eigenvalue weighted by Gasteiger charge is -2.49. The van der Waals surface area contributed by atoms with Gasteiger partial charge in [-0.1, -0.05) is 92.7 Å². The SMILES string of the molecule is CC1(C)C2=C(B3c4c(cccc4N2c2ccccc2)N(c2ccccc2)C2=CC=CCC32)c2ccccc21. The summed E-state index contributed by atoms with van der Waals surface area (Å²) in [7, 11) is 0. The number of nitrogens with zero attached hydrogens (tertiary/aromatic N) is 2. The number of rotatable bonds is 2. The first kappa shape index (κ1) is 21.8. The minimum Gasteiger partial charge on any atom is -0.315 e. The van der Waals surface area contributed by atoms with Crippen molar-refractivity contribution in [1.82, 2.24) is 0 Å². The number of hydrogen-bond donors (Lipinski definition) is 0. The number of anilines is 4. The number of allylic oxidation sites excluding steroid dienone is 5. The van der Waals surface area contributed by atoms with Crippen LogP contribution in [0.25, 0.3) is 5.47 Å². The van der Waals surface area contributed by atoms with E-state index in [4.69, 9.17) is 0 Å². The van der Waals surface area contributed by atoms with Crippen LogP contribution in [0.5, 0.6) is 0 Å². The van der Waals surface area contributed by atoms with Crippen LogP contribution in [0.4, 0.5) is 22.7 Å². The van der Waals surface area contributed by atoms with Gasteiger partial charge in [-0.2, -0.15) is 0 Å². The number of para-hydroxylation sites is 2. The fourth-order valence-electron chi connectivity index (χ4n) is 7.52. The molecule has 4 aromatic carbocycles. The van der Waals surface area contributed by atoms with Crippen LogP contribution in [0.1, 0.15) is 31.4 Å². The molecule has 1 atom stereocenters. The van der Waals surface area contributed by atoms with Gasteiger partial charge in [-0.05, 0) is 76.8 Å². The Balaban J connectivity index is 1.49. The molecule has 0 radical (unpaired) electrons. The summed E-state index contributed by atoms with van der Waals surface area (Å²) in [6.07, 6.45) is 8.00. The molecule has 0 saturated carbocycles. The maximum absolute atomic E-state index is 2.57. The molecule has 1 unspecified atom stereocenters. The van der Waals surface area contributed by atoms with Crippen molar-refractivity contribution in [2.75, 3.05) is 9.80 Å². The zero-order valence-corrected chi connectivity index (χ0v) is 21.8. The fraction of sp³-hybridized carbons (Fsp3) is 0.143. The summed E-state index contributed by atoms with van der Waals surface area (Å²) >= 11 is 0. The van der Waals surface area contributed by atoms with E-state index in [1.54, 1.807) is 0 Å². The van der Waals surface area contributed by atoms with E-state index in [0.717, 1.165) is 6.42 Å². The van der Waals surface area contributed by atoms with Crippen molar-refractivity contribution in [1.29, 1.82) is 0 Å². The predicted octanol–water partition coefficient (Wildman–Crippen LogP) is 8.15. The van der Waals surface area contributed by atoms with Gasteiger partial charge in [-0.15, -0.1) is 0 Å². The van der Waals surface area contributed by atoms with Gasteiger partial charge in [0.2, 0.25) is 6.71 Å². The molecule has 0 N–H and O–H groups in total. The quantitative estimate of drug-likeness (QED) is 0.263. The topological polar surface area (TPSA) is 6.48 Å². The lowest BCUT2D eigenvalue weighted by molar-refractivity contribution is 0.625. The van der Waals surface area contributed by atoms with Crippen molar-refractivity contribution in [3.05, 3.63) is 144 Å². The van der Waals surface area contributed by atoms with E-state index in [-0.39, 0.29) is 5.41 Å². The molecule has 0 amide bonds. The summed E-state index contributed by atoms with van der Waals surface area (Å²) in [6, 6.07) is 37.9. The van der Waals surface area contributed by atoms with Crippen LogP contribution in [0.15, 0.2) is 133 Å². The van der Waals surface area contributed by atoms with E-state index in [2.05, 4.69) is 145 Å². The highest BCUT2D eigenvalue weighted by molar-refractivity contribution is 6.95. The molecular formula is C35H29BN2. The summed E-state index contributed by atoms with van der Waals surface area (Å²) in [5.41, 5.74) is 13.6. The maximum Gasteiger partial charge on any atom is 0.227 e. The second-order valence-corrected chi connectivity index (χ2v) is 11.3. The molecule has 4 aromatic rings. The normalized spacial score (nSPS) is 20.0. The molecular weight excluding hydrogens is 459 g/mol. The van der Waals surface area contributed by atoms with Gasteiger partial charge in [0.25, 0.3) is 0 Å². The smallest absolute Gasteiger partial charge is 0.227 e. The summed E-state index contributed by atoms with van der Waals surface area (Å²) < 4.78 is 0. The van der Waals surface area contributed by atoms with Gasteiger partial charge >= 0.3 is 0 Å². The van der Waals surface area contributed by atoms with E-state index < -0.39 is 0 Å². The lowest BCUT2D eigenvalue weighted by atomic mass is 9.28. The van der Waals surface area contributed by atoms with Gasteiger partial charge in [0, 0.05) is 39.6 Å². The highest BCUT2D eigenvalue weighted by Crippen LogP contribution is 2.58. The maximum atomic E-state index is 2.57. The predicted molar refractivity (Wildman–Crippen MR) is 161 cm³/mol. The Morgan fingerprint density at radius 1 is 0.711 bits per heavy atom. The highest BCUT2D eigenvalue weighted by Gasteiger charge is 2.54. The first-order chi connectivity index (χ1) is 18.7. The molecule has 2 nitrogen and oxygen atoms in total. The minimum atomic E-state index is -0.111. The molecule has 0 bridgehead atoms.